The number of H-pyrrole nitrogens is 1. The van der Waals surface area contributed by atoms with Gasteiger partial charge >= 0.3 is 12.4 Å². The zero-order valence-electron chi connectivity index (χ0n) is 9.68. The molecule has 0 aromatic carbocycles. The summed E-state index contributed by atoms with van der Waals surface area (Å²) in [6, 6.07) is 1.07. The zero-order valence-corrected chi connectivity index (χ0v) is 10.4. The van der Waals surface area contributed by atoms with Crippen molar-refractivity contribution in [2.24, 2.45) is 0 Å². The molecule has 11 heteroatoms. The normalized spacial score (nSPS) is 12.5. The second kappa shape index (κ2) is 5.10. The van der Waals surface area contributed by atoms with Crippen LogP contribution in [0.25, 0.3) is 0 Å². The number of pyridine rings is 1. The summed E-state index contributed by atoms with van der Waals surface area (Å²) in [4.78, 5) is 3.30. The lowest BCUT2D eigenvalue weighted by atomic mass is 10.3. The Labute approximate surface area is 117 Å². The van der Waals surface area contributed by atoms with Gasteiger partial charge in [-0.05, 0) is 6.07 Å². The van der Waals surface area contributed by atoms with Gasteiger partial charge in [-0.3, -0.25) is 5.10 Å². The topological polar surface area (TPSA) is 50.8 Å². The van der Waals surface area contributed by atoms with Crippen LogP contribution in [-0.4, -0.2) is 15.2 Å². The molecule has 0 saturated carbocycles. The van der Waals surface area contributed by atoms with Gasteiger partial charge in [-0.15, -0.1) is 5.10 Å². The van der Waals surface area contributed by atoms with E-state index in [0.717, 1.165) is 0 Å². The van der Waals surface area contributed by atoms with Crippen molar-refractivity contribution in [3.63, 3.8) is 0 Å². The number of hydrogen-bond donors (Lipinski definition) is 1. The van der Waals surface area contributed by atoms with Crippen molar-refractivity contribution in [1.82, 2.24) is 15.2 Å². The molecule has 2 rings (SSSR count). The van der Waals surface area contributed by atoms with Crippen molar-refractivity contribution < 1.29 is 31.1 Å². The number of aromatic amines is 1. The number of halogens is 7. The Bertz CT molecular complexity index is 651. The zero-order chi connectivity index (χ0) is 15.8. The van der Waals surface area contributed by atoms with Crippen LogP contribution >= 0.6 is 11.6 Å². The smallest absolute Gasteiger partial charge is 0.417 e. The van der Waals surface area contributed by atoms with Gasteiger partial charge in [0.05, 0.1) is 5.56 Å². The molecule has 0 aliphatic heterocycles. The fourth-order valence-corrected chi connectivity index (χ4v) is 1.46. The lowest BCUT2D eigenvalue weighted by Gasteiger charge is -2.08. The van der Waals surface area contributed by atoms with Crippen molar-refractivity contribution >= 4 is 11.6 Å². The van der Waals surface area contributed by atoms with Gasteiger partial charge in [-0.2, -0.15) is 26.3 Å². The van der Waals surface area contributed by atoms with Crippen LogP contribution in [0.3, 0.4) is 0 Å². The number of hydrogen-bond acceptors (Lipinski definition) is 3. The molecule has 0 aliphatic rings. The highest BCUT2D eigenvalue weighted by molar-refractivity contribution is 6.31. The van der Waals surface area contributed by atoms with Crippen LogP contribution in [0.2, 0.25) is 5.02 Å². The Morgan fingerprint density at radius 3 is 2.19 bits per heavy atom. The van der Waals surface area contributed by atoms with Crippen LogP contribution < -0.4 is 4.74 Å². The first kappa shape index (κ1) is 15.4. The van der Waals surface area contributed by atoms with Crippen LogP contribution in [0, 0.1) is 0 Å². The average Bonchev–Trinajstić information content (AvgIpc) is 2.78. The predicted molar refractivity (Wildman–Crippen MR) is 57.9 cm³/mol. The monoisotopic (exact) mass is 331 g/mol. The summed E-state index contributed by atoms with van der Waals surface area (Å²) in [5.74, 6) is -1.03. The van der Waals surface area contributed by atoms with Crippen LogP contribution in [-0.2, 0) is 12.4 Å². The van der Waals surface area contributed by atoms with Crippen molar-refractivity contribution in [2.75, 3.05) is 0 Å². The number of aromatic nitrogens is 3. The molecule has 0 unspecified atom stereocenters. The summed E-state index contributed by atoms with van der Waals surface area (Å²) in [6.45, 7) is 0. The summed E-state index contributed by atoms with van der Waals surface area (Å²) in [5, 5.41) is 4.36. The second-order valence-electron chi connectivity index (χ2n) is 3.73. The minimum absolute atomic E-state index is 0.443. The SMILES string of the molecule is FC(F)(F)c1cnc(Oc2cc(C(F)(F)F)[nH]n2)c(Cl)c1. The van der Waals surface area contributed by atoms with E-state index in [1.165, 1.54) is 0 Å². The molecule has 2 aromatic rings. The molecule has 4 nitrogen and oxygen atoms in total. The molecule has 114 valence electrons. The Morgan fingerprint density at radius 1 is 1.05 bits per heavy atom. The first-order valence-corrected chi connectivity index (χ1v) is 5.48. The van der Waals surface area contributed by atoms with Gasteiger partial charge in [0, 0.05) is 12.3 Å². The number of alkyl halides is 6. The third-order valence-electron chi connectivity index (χ3n) is 2.20. The predicted octanol–water partition coefficient (Wildman–Crippen LogP) is 4.29. The first-order valence-electron chi connectivity index (χ1n) is 5.10. The highest BCUT2D eigenvalue weighted by Crippen LogP contribution is 2.35. The Balaban J connectivity index is 2.23. The van der Waals surface area contributed by atoms with E-state index >= 15 is 0 Å². The van der Waals surface area contributed by atoms with Gasteiger partial charge in [0.2, 0.25) is 11.8 Å². The van der Waals surface area contributed by atoms with Crippen LogP contribution in [0.4, 0.5) is 26.3 Å². The number of ether oxygens (including phenoxy) is 1. The maximum absolute atomic E-state index is 12.4. The third kappa shape index (κ3) is 3.57. The van der Waals surface area contributed by atoms with E-state index in [4.69, 9.17) is 16.3 Å². The summed E-state index contributed by atoms with van der Waals surface area (Å²) < 4.78 is 78.9. The maximum Gasteiger partial charge on any atom is 0.432 e. The Hall–Kier alpha value is -1.97. The summed E-state index contributed by atoms with van der Waals surface area (Å²) in [6.07, 6.45) is -8.87. The van der Waals surface area contributed by atoms with Crippen LogP contribution in [0.15, 0.2) is 18.3 Å². The molecule has 0 fully saturated rings. The first-order chi connectivity index (χ1) is 9.57. The third-order valence-corrected chi connectivity index (χ3v) is 2.47. The van der Waals surface area contributed by atoms with E-state index in [1.54, 1.807) is 5.10 Å². The standard InChI is InChI=1S/C10H4ClF6N3O/c11-5-1-4(9(12,13)14)3-18-8(5)21-7-2-6(19-20-7)10(15,16)17/h1-3H,(H,19,20). The molecule has 0 spiro atoms. The minimum atomic E-state index is -4.66. The molecular formula is C10H4ClF6N3O. The molecule has 1 N–H and O–H groups in total. The molecule has 0 radical (unpaired) electrons. The lowest BCUT2D eigenvalue weighted by Crippen LogP contribution is -2.05. The van der Waals surface area contributed by atoms with Crippen molar-refractivity contribution in [3.05, 3.63) is 34.6 Å². The van der Waals surface area contributed by atoms with E-state index in [2.05, 4.69) is 10.1 Å². The highest BCUT2D eigenvalue weighted by Gasteiger charge is 2.34. The van der Waals surface area contributed by atoms with Gasteiger partial charge in [0.15, 0.2) is 0 Å². The number of nitrogens with one attached hydrogen (secondary N) is 1. The quantitative estimate of drug-likeness (QED) is 0.835. The largest absolute Gasteiger partial charge is 0.432 e. The minimum Gasteiger partial charge on any atom is -0.417 e. The van der Waals surface area contributed by atoms with Gasteiger partial charge in [-0.25, -0.2) is 4.98 Å². The Morgan fingerprint density at radius 2 is 1.71 bits per heavy atom. The molecule has 0 saturated heterocycles. The molecule has 0 bridgehead atoms. The van der Waals surface area contributed by atoms with Crippen molar-refractivity contribution in [1.29, 1.82) is 0 Å². The number of rotatable bonds is 2. The lowest BCUT2D eigenvalue weighted by molar-refractivity contribution is -0.141. The molecular weight excluding hydrogens is 328 g/mol. The van der Waals surface area contributed by atoms with Crippen molar-refractivity contribution in [2.45, 2.75) is 12.4 Å². The molecule has 0 atom stereocenters. The van der Waals surface area contributed by atoms with Gasteiger partial charge in [0.25, 0.3) is 0 Å². The number of nitrogens with zero attached hydrogens (tertiary/aromatic N) is 2. The Kier molecular flexibility index (Phi) is 3.74. The fourth-order valence-electron chi connectivity index (χ4n) is 1.26. The van der Waals surface area contributed by atoms with Crippen LogP contribution in [0.1, 0.15) is 11.3 Å². The molecule has 21 heavy (non-hydrogen) atoms. The second-order valence-corrected chi connectivity index (χ2v) is 4.14. The van der Waals surface area contributed by atoms with E-state index < -0.39 is 40.4 Å². The fraction of sp³-hybridized carbons (Fsp3) is 0.200. The van der Waals surface area contributed by atoms with Gasteiger partial charge in [-0.1, -0.05) is 11.6 Å². The van der Waals surface area contributed by atoms with Gasteiger partial charge in [0.1, 0.15) is 10.7 Å². The molecule has 0 aliphatic carbocycles. The van der Waals surface area contributed by atoms with Crippen LogP contribution in [0.5, 0.6) is 11.8 Å². The van der Waals surface area contributed by atoms with E-state index in [1.807, 2.05) is 0 Å². The van der Waals surface area contributed by atoms with E-state index in [0.29, 0.717) is 18.3 Å². The van der Waals surface area contributed by atoms with E-state index in [-0.39, 0.29) is 0 Å². The summed E-state index contributed by atoms with van der Waals surface area (Å²) in [7, 11) is 0. The van der Waals surface area contributed by atoms with E-state index in [9.17, 15) is 26.3 Å². The summed E-state index contributed by atoms with van der Waals surface area (Å²) in [5.41, 5.74) is -2.29. The van der Waals surface area contributed by atoms with Gasteiger partial charge < -0.3 is 4.74 Å². The average molecular weight is 332 g/mol. The summed E-state index contributed by atoms with van der Waals surface area (Å²) >= 11 is 5.53. The molecule has 0 amide bonds. The molecule has 2 aromatic heterocycles. The highest BCUT2D eigenvalue weighted by atomic mass is 35.5. The maximum atomic E-state index is 12.4. The molecule has 2 heterocycles. The van der Waals surface area contributed by atoms with Crippen molar-refractivity contribution in [3.8, 4) is 11.8 Å².